The highest BCUT2D eigenvalue weighted by Gasteiger charge is 2.22. The van der Waals surface area contributed by atoms with Crippen LogP contribution < -0.4 is 5.32 Å². The summed E-state index contributed by atoms with van der Waals surface area (Å²) in [6, 6.07) is 3.95. The number of nitrogens with zero attached hydrogens (tertiary/aromatic N) is 2. The third kappa shape index (κ3) is 1.63. The third-order valence-corrected chi connectivity index (χ3v) is 2.76. The van der Waals surface area contributed by atoms with E-state index < -0.39 is 0 Å². The first-order valence-corrected chi connectivity index (χ1v) is 5.47. The SMILES string of the molecule is Cc1ccc(-c2nc(C3CCCN3)no2)o1. The highest BCUT2D eigenvalue weighted by Crippen LogP contribution is 2.24. The summed E-state index contributed by atoms with van der Waals surface area (Å²) in [5.74, 6) is 2.65. The van der Waals surface area contributed by atoms with E-state index >= 15 is 0 Å². The normalized spacial score (nSPS) is 20.4. The second-order valence-electron chi connectivity index (χ2n) is 4.02. The number of nitrogens with one attached hydrogen (secondary N) is 1. The fourth-order valence-corrected chi connectivity index (χ4v) is 1.93. The first kappa shape index (κ1) is 9.59. The van der Waals surface area contributed by atoms with Gasteiger partial charge in [-0.05, 0) is 38.4 Å². The van der Waals surface area contributed by atoms with Gasteiger partial charge in [0.25, 0.3) is 5.89 Å². The predicted molar refractivity (Wildman–Crippen MR) is 56.7 cm³/mol. The minimum atomic E-state index is 0.230. The van der Waals surface area contributed by atoms with Crippen LogP contribution in [0.2, 0.25) is 0 Å². The maximum atomic E-state index is 5.43. The Morgan fingerprint density at radius 2 is 2.38 bits per heavy atom. The molecule has 3 rings (SSSR count). The fourth-order valence-electron chi connectivity index (χ4n) is 1.93. The van der Waals surface area contributed by atoms with Crippen LogP contribution in [0.25, 0.3) is 11.7 Å². The molecular formula is C11H13N3O2. The second kappa shape index (κ2) is 3.75. The first-order valence-electron chi connectivity index (χ1n) is 5.47. The summed E-state index contributed by atoms with van der Waals surface area (Å²) in [5.41, 5.74) is 0. The first-order chi connectivity index (χ1) is 7.83. The summed E-state index contributed by atoms with van der Waals surface area (Å²) in [5, 5.41) is 7.30. The van der Waals surface area contributed by atoms with E-state index in [1.165, 1.54) is 0 Å². The van der Waals surface area contributed by atoms with Crippen molar-refractivity contribution in [2.24, 2.45) is 0 Å². The molecule has 0 saturated carbocycles. The molecule has 0 amide bonds. The van der Waals surface area contributed by atoms with E-state index in [0.29, 0.717) is 11.7 Å². The molecular weight excluding hydrogens is 206 g/mol. The van der Waals surface area contributed by atoms with Crippen LogP contribution in [0.3, 0.4) is 0 Å². The van der Waals surface area contributed by atoms with Gasteiger partial charge in [-0.15, -0.1) is 0 Å². The molecule has 0 radical (unpaired) electrons. The van der Waals surface area contributed by atoms with Crippen LogP contribution in [0.4, 0.5) is 0 Å². The molecule has 1 fully saturated rings. The van der Waals surface area contributed by atoms with Gasteiger partial charge in [-0.2, -0.15) is 4.98 Å². The lowest BCUT2D eigenvalue weighted by atomic mass is 10.2. The molecule has 1 aliphatic rings. The summed E-state index contributed by atoms with van der Waals surface area (Å²) in [7, 11) is 0. The minimum absolute atomic E-state index is 0.230. The molecule has 1 unspecified atom stereocenters. The fraction of sp³-hybridized carbons (Fsp3) is 0.455. The molecule has 5 nitrogen and oxygen atoms in total. The van der Waals surface area contributed by atoms with Crippen LogP contribution >= 0.6 is 0 Å². The third-order valence-electron chi connectivity index (χ3n) is 2.76. The van der Waals surface area contributed by atoms with Gasteiger partial charge in [0.1, 0.15) is 5.76 Å². The summed E-state index contributed by atoms with van der Waals surface area (Å²) in [4.78, 5) is 4.34. The average molecular weight is 219 g/mol. The van der Waals surface area contributed by atoms with Gasteiger partial charge in [0.15, 0.2) is 11.6 Å². The maximum Gasteiger partial charge on any atom is 0.293 e. The van der Waals surface area contributed by atoms with E-state index in [0.717, 1.165) is 31.0 Å². The van der Waals surface area contributed by atoms with Crippen molar-refractivity contribution >= 4 is 0 Å². The van der Waals surface area contributed by atoms with Crippen molar-refractivity contribution in [1.82, 2.24) is 15.5 Å². The Morgan fingerprint density at radius 1 is 1.44 bits per heavy atom. The van der Waals surface area contributed by atoms with Crippen LogP contribution in [0.15, 0.2) is 21.1 Å². The summed E-state index contributed by atoms with van der Waals surface area (Å²) in [6.07, 6.45) is 2.23. The van der Waals surface area contributed by atoms with E-state index in [1.807, 2.05) is 19.1 Å². The van der Waals surface area contributed by atoms with Crippen molar-refractivity contribution in [3.63, 3.8) is 0 Å². The number of hydrogen-bond donors (Lipinski definition) is 1. The van der Waals surface area contributed by atoms with Crippen LogP contribution in [-0.4, -0.2) is 16.7 Å². The molecule has 5 heteroatoms. The standard InChI is InChI=1S/C11H13N3O2/c1-7-4-5-9(15-7)11-13-10(14-16-11)8-3-2-6-12-8/h4-5,8,12H,2-3,6H2,1H3. The van der Waals surface area contributed by atoms with Gasteiger partial charge >= 0.3 is 0 Å². The molecule has 16 heavy (non-hydrogen) atoms. The second-order valence-corrected chi connectivity index (χ2v) is 4.02. The van der Waals surface area contributed by atoms with Gasteiger partial charge in [-0.1, -0.05) is 5.16 Å². The summed E-state index contributed by atoms with van der Waals surface area (Å²) >= 11 is 0. The highest BCUT2D eigenvalue weighted by atomic mass is 16.5. The van der Waals surface area contributed by atoms with Crippen molar-refractivity contribution in [1.29, 1.82) is 0 Å². The Bertz CT molecular complexity index is 483. The Morgan fingerprint density at radius 3 is 3.06 bits per heavy atom. The zero-order chi connectivity index (χ0) is 11.0. The van der Waals surface area contributed by atoms with Gasteiger partial charge in [0, 0.05) is 0 Å². The summed E-state index contributed by atoms with van der Waals surface area (Å²) < 4.78 is 10.6. The van der Waals surface area contributed by atoms with Crippen molar-refractivity contribution in [3.8, 4) is 11.7 Å². The monoisotopic (exact) mass is 219 g/mol. The molecule has 0 aliphatic carbocycles. The van der Waals surface area contributed by atoms with E-state index in [-0.39, 0.29) is 6.04 Å². The molecule has 2 aromatic heterocycles. The van der Waals surface area contributed by atoms with E-state index in [1.54, 1.807) is 0 Å². The number of furan rings is 1. The zero-order valence-corrected chi connectivity index (χ0v) is 9.06. The quantitative estimate of drug-likeness (QED) is 0.837. The van der Waals surface area contributed by atoms with Gasteiger partial charge in [-0.3, -0.25) is 0 Å². The molecule has 0 bridgehead atoms. The molecule has 3 heterocycles. The van der Waals surface area contributed by atoms with Gasteiger partial charge in [-0.25, -0.2) is 0 Å². The molecule has 0 aromatic carbocycles. The van der Waals surface area contributed by atoms with E-state index in [2.05, 4.69) is 15.5 Å². The highest BCUT2D eigenvalue weighted by molar-refractivity contribution is 5.44. The molecule has 1 saturated heterocycles. The molecule has 0 spiro atoms. The molecule has 1 atom stereocenters. The summed E-state index contributed by atoms with van der Waals surface area (Å²) in [6.45, 7) is 2.91. The average Bonchev–Trinajstić information content (AvgIpc) is 2.97. The Labute approximate surface area is 92.8 Å². The molecule has 1 N–H and O–H groups in total. The largest absolute Gasteiger partial charge is 0.456 e. The van der Waals surface area contributed by atoms with Gasteiger partial charge < -0.3 is 14.3 Å². The van der Waals surface area contributed by atoms with E-state index in [9.17, 15) is 0 Å². The van der Waals surface area contributed by atoms with E-state index in [4.69, 9.17) is 8.94 Å². The number of rotatable bonds is 2. The minimum Gasteiger partial charge on any atom is -0.456 e. The zero-order valence-electron chi connectivity index (χ0n) is 9.06. The molecule has 84 valence electrons. The van der Waals surface area contributed by atoms with Crippen LogP contribution in [-0.2, 0) is 0 Å². The smallest absolute Gasteiger partial charge is 0.293 e. The van der Waals surface area contributed by atoms with Crippen molar-refractivity contribution in [2.75, 3.05) is 6.54 Å². The van der Waals surface area contributed by atoms with Crippen LogP contribution in [0.5, 0.6) is 0 Å². The number of aromatic nitrogens is 2. The van der Waals surface area contributed by atoms with Gasteiger partial charge in [0.2, 0.25) is 0 Å². The lowest BCUT2D eigenvalue weighted by Crippen LogP contribution is -2.14. The lowest BCUT2D eigenvalue weighted by Gasteiger charge is -2.01. The predicted octanol–water partition coefficient (Wildman–Crippen LogP) is 2.06. The van der Waals surface area contributed by atoms with Gasteiger partial charge in [0.05, 0.1) is 6.04 Å². The molecule has 1 aliphatic heterocycles. The van der Waals surface area contributed by atoms with Crippen molar-refractivity contribution in [3.05, 3.63) is 23.7 Å². The van der Waals surface area contributed by atoms with Crippen molar-refractivity contribution < 1.29 is 8.94 Å². The number of aryl methyl sites for hydroxylation is 1. The Kier molecular flexibility index (Phi) is 2.25. The Balaban J connectivity index is 1.87. The van der Waals surface area contributed by atoms with Crippen molar-refractivity contribution in [2.45, 2.75) is 25.8 Å². The Hall–Kier alpha value is -1.62. The topological polar surface area (TPSA) is 64.1 Å². The maximum absolute atomic E-state index is 5.43. The van der Waals surface area contributed by atoms with Crippen LogP contribution in [0, 0.1) is 6.92 Å². The number of hydrogen-bond acceptors (Lipinski definition) is 5. The lowest BCUT2D eigenvalue weighted by molar-refractivity contribution is 0.399. The molecule has 2 aromatic rings. The van der Waals surface area contributed by atoms with Crippen LogP contribution in [0.1, 0.15) is 30.5 Å².